The van der Waals surface area contributed by atoms with Crippen molar-refractivity contribution in [2.45, 2.75) is 33.1 Å². The summed E-state index contributed by atoms with van der Waals surface area (Å²) in [5, 5.41) is 5.60. The van der Waals surface area contributed by atoms with Gasteiger partial charge in [-0.3, -0.25) is 9.59 Å². The molecule has 2 aromatic rings. The van der Waals surface area contributed by atoms with E-state index in [-0.39, 0.29) is 23.2 Å². The SMILES string of the molecule is CCCCCNC(=O)c1cccc(C(=O)Nc2ccc(C)cc2)n1. The second kappa shape index (κ2) is 8.82. The van der Waals surface area contributed by atoms with E-state index in [0.717, 1.165) is 24.8 Å². The van der Waals surface area contributed by atoms with Gasteiger partial charge in [0.2, 0.25) is 0 Å². The molecule has 1 heterocycles. The number of pyridine rings is 1. The Morgan fingerprint density at radius 2 is 1.62 bits per heavy atom. The third kappa shape index (κ3) is 5.19. The van der Waals surface area contributed by atoms with Crippen LogP contribution in [0.2, 0.25) is 0 Å². The van der Waals surface area contributed by atoms with Crippen molar-refractivity contribution in [3.63, 3.8) is 0 Å². The lowest BCUT2D eigenvalue weighted by Crippen LogP contribution is -2.26. The molecule has 0 bridgehead atoms. The highest BCUT2D eigenvalue weighted by Crippen LogP contribution is 2.10. The molecule has 0 saturated heterocycles. The van der Waals surface area contributed by atoms with E-state index in [1.165, 1.54) is 0 Å². The van der Waals surface area contributed by atoms with Crippen LogP contribution in [0.15, 0.2) is 42.5 Å². The molecule has 0 unspecified atom stereocenters. The molecule has 5 nitrogen and oxygen atoms in total. The molecule has 2 N–H and O–H groups in total. The molecule has 0 spiro atoms. The lowest BCUT2D eigenvalue weighted by atomic mass is 10.2. The van der Waals surface area contributed by atoms with Gasteiger partial charge in [0, 0.05) is 12.2 Å². The number of hydrogen-bond acceptors (Lipinski definition) is 3. The Labute approximate surface area is 142 Å². The van der Waals surface area contributed by atoms with E-state index in [4.69, 9.17) is 0 Å². The van der Waals surface area contributed by atoms with E-state index in [9.17, 15) is 9.59 Å². The quantitative estimate of drug-likeness (QED) is 0.765. The van der Waals surface area contributed by atoms with Crippen molar-refractivity contribution >= 4 is 17.5 Å². The van der Waals surface area contributed by atoms with Gasteiger partial charge in [-0.2, -0.15) is 0 Å². The standard InChI is InChI=1S/C19H23N3O2/c1-3-4-5-13-20-18(23)16-7-6-8-17(22-16)19(24)21-15-11-9-14(2)10-12-15/h6-12H,3-5,13H2,1-2H3,(H,20,23)(H,21,24). The Balaban J connectivity index is 1.99. The fraction of sp³-hybridized carbons (Fsp3) is 0.316. The highest BCUT2D eigenvalue weighted by atomic mass is 16.2. The molecule has 0 fully saturated rings. The van der Waals surface area contributed by atoms with Gasteiger partial charge in [0.15, 0.2) is 0 Å². The van der Waals surface area contributed by atoms with Crippen LogP contribution >= 0.6 is 0 Å². The number of hydrogen-bond donors (Lipinski definition) is 2. The third-order valence-electron chi connectivity index (χ3n) is 3.59. The molecule has 0 saturated carbocycles. The van der Waals surface area contributed by atoms with Crippen molar-refractivity contribution in [3.8, 4) is 0 Å². The van der Waals surface area contributed by atoms with Gasteiger partial charge in [-0.1, -0.05) is 43.5 Å². The minimum absolute atomic E-state index is 0.219. The molecular weight excluding hydrogens is 302 g/mol. The highest BCUT2D eigenvalue weighted by molar-refractivity contribution is 6.03. The fourth-order valence-electron chi connectivity index (χ4n) is 2.19. The average molecular weight is 325 g/mol. The number of amides is 2. The number of carbonyl (C=O) groups is 2. The molecule has 0 aliphatic rings. The number of aryl methyl sites for hydroxylation is 1. The van der Waals surface area contributed by atoms with Gasteiger partial charge >= 0.3 is 0 Å². The zero-order chi connectivity index (χ0) is 17.4. The van der Waals surface area contributed by atoms with Gasteiger partial charge in [0.05, 0.1) is 0 Å². The Bertz CT molecular complexity index is 696. The summed E-state index contributed by atoms with van der Waals surface area (Å²) in [6, 6.07) is 12.4. The van der Waals surface area contributed by atoms with Gasteiger partial charge in [-0.15, -0.1) is 0 Å². The first-order valence-electron chi connectivity index (χ1n) is 8.23. The number of anilines is 1. The van der Waals surface area contributed by atoms with Crippen molar-refractivity contribution in [3.05, 3.63) is 59.4 Å². The predicted molar refractivity (Wildman–Crippen MR) is 95.2 cm³/mol. The molecular formula is C19H23N3O2. The summed E-state index contributed by atoms with van der Waals surface area (Å²) in [4.78, 5) is 28.5. The molecule has 2 rings (SSSR count). The van der Waals surface area contributed by atoms with E-state index >= 15 is 0 Å². The maximum Gasteiger partial charge on any atom is 0.274 e. The largest absolute Gasteiger partial charge is 0.351 e. The van der Waals surface area contributed by atoms with E-state index in [0.29, 0.717) is 12.2 Å². The summed E-state index contributed by atoms with van der Waals surface area (Å²) in [6.45, 7) is 4.71. The van der Waals surface area contributed by atoms with Crippen molar-refractivity contribution in [2.75, 3.05) is 11.9 Å². The summed E-state index contributed by atoms with van der Waals surface area (Å²) in [6.07, 6.45) is 3.12. The number of nitrogens with zero attached hydrogens (tertiary/aromatic N) is 1. The zero-order valence-electron chi connectivity index (χ0n) is 14.1. The van der Waals surface area contributed by atoms with Crippen LogP contribution < -0.4 is 10.6 Å². The van der Waals surface area contributed by atoms with E-state index < -0.39 is 0 Å². The van der Waals surface area contributed by atoms with Gasteiger partial charge in [-0.05, 0) is 37.6 Å². The summed E-state index contributed by atoms with van der Waals surface area (Å²) in [5.74, 6) is -0.587. The molecule has 5 heteroatoms. The summed E-state index contributed by atoms with van der Waals surface area (Å²) in [7, 11) is 0. The van der Waals surface area contributed by atoms with Crippen LogP contribution in [-0.2, 0) is 0 Å². The third-order valence-corrected chi connectivity index (χ3v) is 3.59. The number of benzene rings is 1. The van der Waals surface area contributed by atoms with Crippen LogP contribution in [-0.4, -0.2) is 23.3 Å². The summed E-state index contributed by atoms with van der Waals surface area (Å²) < 4.78 is 0. The average Bonchev–Trinajstić information content (AvgIpc) is 2.60. The number of carbonyl (C=O) groups excluding carboxylic acids is 2. The smallest absolute Gasteiger partial charge is 0.274 e. The van der Waals surface area contributed by atoms with Gasteiger partial charge in [0.25, 0.3) is 11.8 Å². The van der Waals surface area contributed by atoms with Crippen LogP contribution in [0.5, 0.6) is 0 Å². The number of unbranched alkanes of at least 4 members (excludes halogenated alkanes) is 2. The first-order valence-corrected chi connectivity index (χ1v) is 8.23. The Morgan fingerprint density at radius 1 is 0.958 bits per heavy atom. The molecule has 0 radical (unpaired) electrons. The Morgan fingerprint density at radius 3 is 2.29 bits per heavy atom. The van der Waals surface area contributed by atoms with Gasteiger partial charge < -0.3 is 10.6 Å². The second-order valence-electron chi connectivity index (χ2n) is 5.69. The maximum atomic E-state index is 12.3. The van der Waals surface area contributed by atoms with E-state index in [1.54, 1.807) is 18.2 Å². The zero-order valence-corrected chi connectivity index (χ0v) is 14.1. The molecule has 1 aromatic heterocycles. The first-order chi connectivity index (χ1) is 11.6. The minimum atomic E-state index is -0.334. The Kier molecular flexibility index (Phi) is 6.49. The van der Waals surface area contributed by atoms with Crippen LogP contribution in [0.4, 0.5) is 5.69 Å². The van der Waals surface area contributed by atoms with E-state index in [1.807, 2.05) is 31.2 Å². The van der Waals surface area contributed by atoms with Gasteiger partial charge in [-0.25, -0.2) is 4.98 Å². The molecule has 24 heavy (non-hydrogen) atoms. The molecule has 0 aliphatic heterocycles. The maximum absolute atomic E-state index is 12.3. The van der Waals surface area contributed by atoms with Gasteiger partial charge in [0.1, 0.15) is 11.4 Å². The van der Waals surface area contributed by atoms with Crippen LogP contribution in [0, 0.1) is 6.92 Å². The predicted octanol–water partition coefficient (Wildman–Crippen LogP) is 3.56. The van der Waals surface area contributed by atoms with Crippen molar-refractivity contribution < 1.29 is 9.59 Å². The van der Waals surface area contributed by atoms with Crippen LogP contribution in [0.3, 0.4) is 0 Å². The Hall–Kier alpha value is -2.69. The number of nitrogens with one attached hydrogen (secondary N) is 2. The van der Waals surface area contributed by atoms with Crippen molar-refractivity contribution in [1.82, 2.24) is 10.3 Å². The lowest BCUT2D eigenvalue weighted by molar-refractivity contribution is 0.0948. The highest BCUT2D eigenvalue weighted by Gasteiger charge is 2.12. The molecule has 0 atom stereocenters. The van der Waals surface area contributed by atoms with Crippen molar-refractivity contribution in [2.24, 2.45) is 0 Å². The number of aromatic nitrogens is 1. The summed E-state index contributed by atoms with van der Waals surface area (Å²) >= 11 is 0. The molecule has 1 aromatic carbocycles. The topological polar surface area (TPSA) is 71.1 Å². The van der Waals surface area contributed by atoms with Crippen molar-refractivity contribution in [1.29, 1.82) is 0 Å². The van der Waals surface area contributed by atoms with Crippen LogP contribution in [0.1, 0.15) is 52.7 Å². The van der Waals surface area contributed by atoms with E-state index in [2.05, 4.69) is 22.5 Å². The second-order valence-corrected chi connectivity index (χ2v) is 5.69. The first kappa shape index (κ1) is 17.7. The molecule has 0 aliphatic carbocycles. The normalized spacial score (nSPS) is 10.2. The summed E-state index contributed by atoms with van der Waals surface area (Å²) in [5.41, 5.74) is 2.29. The number of rotatable bonds is 7. The lowest BCUT2D eigenvalue weighted by Gasteiger charge is -2.07. The fourth-order valence-corrected chi connectivity index (χ4v) is 2.19. The monoisotopic (exact) mass is 325 g/mol. The molecule has 2 amide bonds. The van der Waals surface area contributed by atoms with Crippen LogP contribution in [0.25, 0.3) is 0 Å². The minimum Gasteiger partial charge on any atom is -0.351 e. The molecule has 126 valence electrons.